The van der Waals surface area contributed by atoms with Gasteiger partial charge in [0.1, 0.15) is 17.5 Å². The normalized spacial score (nSPS) is 12.4. The van der Waals surface area contributed by atoms with Gasteiger partial charge in [-0.05, 0) is 29.3 Å². The van der Waals surface area contributed by atoms with Gasteiger partial charge >= 0.3 is 0 Å². The minimum absolute atomic E-state index is 0.400. The molecule has 6 heteroatoms. The van der Waals surface area contributed by atoms with Crippen LogP contribution in [0.4, 0.5) is 11.6 Å². The number of aryl methyl sites for hydroxylation is 1. The van der Waals surface area contributed by atoms with E-state index >= 15 is 0 Å². The third kappa shape index (κ3) is 3.21. The molecule has 2 heterocycles. The second-order valence-corrected chi connectivity index (χ2v) is 5.09. The molecule has 0 aliphatic heterocycles. The van der Waals surface area contributed by atoms with E-state index in [1.54, 1.807) is 11.3 Å². The van der Waals surface area contributed by atoms with Crippen LogP contribution in [0.3, 0.4) is 0 Å². The van der Waals surface area contributed by atoms with Gasteiger partial charge in [0.05, 0.1) is 6.10 Å². The zero-order valence-electron chi connectivity index (χ0n) is 11.1. The van der Waals surface area contributed by atoms with Crippen molar-refractivity contribution in [2.75, 3.05) is 17.6 Å². The topological polar surface area (TPSA) is 84.1 Å². The quantitative estimate of drug-likeness (QED) is 0.780. The van der Waals surface area contributed by atoms with Gasteiger partial charge in [0.15, 0.2) is 0 Å². The van der Waals surface area contributed by atoms with Gasteiger partial charge in [-0.15, -0.1) is 0 Å². The van der Waals surface area contributed by atoms with Crippen molar-refractivity contribution >= 4 is 23.0 Å². The molecule has 0 saturated carbocycles. The Kier molecular flexibility index (Phi) is 4.34. The molecule has 0 aromatic carbocycles. The minimum Gasteiger partial charge on any atom is -0.387 e. The Bertz CT molecular complexity index is 542. The smallest absolute Gasteiger partial charge is 0.134 e. The van der Waals surface area contributed by atoms with E-state index in [2.05, 4.69) is 15.3 Å². The zero-order chi connectivity index (χ0) is 13.8. The summed E-state index contributed by atoms with van der Waals surface area (Å²) in [6.07, 6.45) is 0.179. The molecule has 2 aromatic rings. The fourth-order valence-electron chi connectivity index (χ4n) is 1.69. The Morgan fingerprint density at radius 1 is 1.47 bits per heavy atom. The van der Waals surface area contributed by atoms with Crippen LogP contribution >= 0.6 is 11.3 Å². The summed E-state index contributed by atoms with van der Waals surface area (Å²) in [7, 11) is 0. The van der Waals surface area contributed by atoms with E-state index in [-0.39, 0.29) is 0 Å². The molecule has 0 bridgehead atoms. The van der Waals surface area contributed by atoms with Gasteiger partial charge in [0, 0.05) is 18.5 Å². The minimum atomic E-state index is -0.549. The average molecular weight is 278 g/mol. The van der Waals surface area contributed by atoms with E-state index in [4.69, 9.17) is 5.73 Å². The van der Waals surface area contributed by atoms with Crippen molar-refractivity contribution in [1.82, 2.24) is 9.97 Å². The highest BCUT2D eigenvalue weighted by molar-refractivity contribution is 7.07. The molecule has 0 fully saturated rings. The second-order valence-electron chi connectivity index (χ2n) is 4.31. The van der Waals surface area contributed by atoms with E-state index in [0.29, 0.717) is 24.0 Å². The van der Waals surface area contributed by atoms with Crippen molar-refractivity contribution in [3.8, 4) is 0 Å². The van der Waals surface area contributed by atoms with Gasteiger partial charge in [0.25, 0.3) is 0 Å². The van der Waals surface area contributed by atoms with Crippen LogP contribution in [0.2, 0.25) is 0 Å². The van der Waals surface area contributed by atoms with E-state index in [1.807, 2.05) is 30.7 Å². The summed E-state index contributed by atoms with van der Waals surface area (Å²) in [5.41, 5.74) is 7.57. The van der Waals surface area contributed by atoms with Gasteiger partial charge in [-0.2, -0.15) is 11.3 Å². The fourth-order valence-corrected chi connectivity index (χ4v) is 2.40. The van der Waals surface area contributed by atoms with Crippen LogP contribution in [-0.2, 0) is 6.42 Å². The predicted octanol–water partition coefficient (Wildman–Crippen LogP) is 2.14. The number of aromatic nitrogens is 2. The molecule has 4 N–H and O–H groups in total. The van der Waals surface area contributed by atoms with Crippen molar-refractivity contribution in [3.05, 3.63) is 33.8 Å². The van der Waals surface area contributed by atoms with E-state index < -0.39 is 6.10 Å². The molecule has 0 amide bonds. The van der Waals surface area contributed by atoms with Crippen LogP contribution in [0, 0.1) is 6.92 Å². The highest BCUT2D eigenvalue weighted by Crippen LogP contribution is 2.20. The van der Waals surface area contributed by atoms with Crippen LogP contribution in [0.25, 0.3) is 0 Å². The van der Waals surface area contributed by atoms with E-state index in [1.165, 1.54) is 0 Å². The van der Waals surface area contributed by atoms with Crippen molar-refractivity contribution in [3.63, 3.8) is 0 Å². The molecule has 2 rings (SSSR count). The van der Waals surface area contributed by atoms with Crippen LogP contribution in [0.5, 0.6) is 0 Å². The van der Waals surface area contributed by atoms with Crippen LogP contribution in [0.1, 0.15) is 30.0 Å². The van der Waals surface area contributed by atoms with Crippen LogP contribution in [-0.4, -0.2) is 21.6 Å². The van der Waals surface area contributed by atoms with Gasteiger partial charge in [-0.3, -0.25) is 0 Å². The van der Waals surface area contributed by atoms with Crippen LogP contribution < -0.4 is 11.1 Å². The van der Waals surface area contributed by atoms with Gasteiger partial charge in [0.2, 0.25) is 0 Å². The molecule has 5 nitrogen and oxygen atoms in total. The number of nitrogen functional groups attached to an aromatic ring is 1. The first-order valence-electron chi connectivity index (χ1n) is 6.18. The van der Waals surface area contributed by atoms with Crippen molar-refractivity contribution < 1.29 is 5.11 Å². The Morgan fingerprint density at radius 3 is 2.89 bits per heavy atom. The summed E-state index contributed by atoms with van der Waals surface area (Å²) in [6, 6.07) is 1.91. The third-order valence-corrected chi connectivity index (χ3v) is 3.64. The molecule has 0 radical (unpaired) electrons. The Balaban J connectivity index is 2.09. The summed E-state index contributed by atoms with van der Waals surface area (Å²) in [5, 5.41) is 17.0. The van der Waals surface area contributed by atoms with Gasteiger partial charge < -0.3 is 16.2 Å². The maximum atomic E-state index is 10.0. The molecule has 0 aliphatic rings. The number of aliphatic hydroxyl groups excluding tert-OH is 1. The molecule has 102 valence electrons. The lowest BCUT2D eigenvalue weighted by atomic mass is 10.2. The molecule has 1 atom stereocenters. The predicted molar refractivity (Wildman–Crippen MR) is 78.3 cm³/mol. The Hall–Kier alpha value is -1.66. The number of rotatable bonds is 5. The highest BCUT2D eigenvalue weighted by atomic mass is 32.1. The standard InChI is InChI=1S/C13H18N4OS/c1-3-11-16-12(14)8(2)13(17-11)15-6-10(18)9-4-5-19-7-9/h4-5,7,10,18H,3,6H2,1-2H3,(H3,14,15,16,17). The third-order valence-electron chi connectivity index (χ3n) is 2.94. The number of anilines is 2. The SMILES string of the molecule is CCc1nc(N)c(C)c(NCC(O)c2ccsc2)n1. The van der Waals surface area contributed by atoms with Gasteiger partial charge in [-0.1, -0.05) is 6.92 Å². The van der Waals surface area contributed by atoms with E-state index in [0.717, 1.165) is 17.5 Å². The number of hydrogen-bond donors (Lipinski definition) is 3. The summed E-state index contributed by atoms with van der Waals surface area (Å²) in [4.78, 5) is 8.59. The molecule has 0 aliphatic carbocycles. The lowest BCUT2D eigenvalue weighted by Gasteiger charge is -2.14. The van der Waals surface area contributed by atoms with Crippen LogP contribution in [0.15, 0.2) is 16.8 Å². The first-order valence-corrected chi connectivity index (χ1v) is 7.13. The van der Waals surface area contributed by atoms with Gasteiger partial charge in [-0.25, -0.2) is 9.97 Å². The Morgan fingerprint density at radius 2 is 2.26 bits per heavy atom. The molecule has 0 spiro atoms. The fraction of sp³-hybridized carbons (Fsp3) is 0.385. The summed E-state index contributed by atoms with van der Waals surface area (Å²) >= 11 is 1.57. The maximum Gasteiger partial charge on any atom is 0.134 e. The first-order chi connectivity index (χ1) is 9.11. The van der Waals surface area contributed by atoms with E-state index in [9.17, 15) is 5.11 Å². The number of nitrogens with two attached hydrogens (primary N) is 1. The van der Waals surface area contributed by atoms with Crippen molar-refractivity contribution in [2.24, 2.45) is 0 Å². The summed E-state index contributed by atoms with van der Waals surface area (Å²) < 4.78 is 0. The largest absolute Gasteiger partial charge is 0.387 e. The lowest BCUT2D eigenvalue weighted by Crippen LogP contribution is -2.15. The zero-order valence-corrected chi connectivity index (χ0v) is 11.9. The molecular weight excluding hydrogens is 260 g/mol. The molecular formula is C13H18N4OS. The number of nitrogens with zero attached hydrogens (tertiary/aromatic N) is 2. The lowest BCUT2D eigenvalue weighted by molar-refractivity contribution is 0.192. The molecule has 19 heavy (non-hydrogen) atoms. The number of aliphatic hydroxyl groups is 1. The molecule has 1 unspecified atom stereocenters. The van der Waals surface area contributed by atoms with Crippen molar-refractivity contribution in [1.29, 1.82) is 0 Å². The average Bonchev–Trinajstić information content (AvgIpc) is 2.94. The second kappa shape index (κ2) is 5.99. The highest BCUT2D eigenvalue weighted by Gasteiger charge is 2.11. The Labute approximate surface area is 116 Å². The molecule has 0 saturated heterocycles. The summed E-state index contributed by atoms with van der Waals surface area (Å²) in [5.74, 6) is 1.88. The number of nitrogens with one attached hydrogen (secondary N) is 1. The maximum absolute atomic E-state index is 10.0. The first kappa shape index (κ1) is 13.8. The summed E-state index contributed by atoms with van der Waals surface area (Å²) in [6.45, 7) is 4.25. The monoisotopic (exact) mass is 278 g/mol. The van der Waals surface area contributed by atoms with Crippen molar-refractivity contribution in [2.45, 2.75) is 26.4 Å². The number of hydrogen-bond acceptors (Lipinski definition) is 6. The molecule has 2 aromatic heterocycles. The number of thiophene rings is 1.